The summed E-state index contributed by atoms with van der Waals surface area (Å²) in [6.45, 7) is 6.09. The highest BCUT2D eigenvalue weighted by Crippen LogP contribution is 2.37. The summed E-state index contributed by atoms with van der Waals surface area (Å²) in [5.41, 5.74) is 2.29. The Morgan fingerprint density at radius 2 is 2.06 bits per heavy atom. The minimum Gasteiger partial charge on any atom is -0.480 e. The molecule has 0 radical (unpaired) electrons. The Morgan fingerprint density at radius 3 is 2.73 bits per heavy atom. The second-order valence-electron chi connectivity index (χ2n) is 9.36. The lowest BCUT2D eigenvalue weighted by atomic mass is 9.85. The molecule has 4 rings (SSSR count). The average Bonchev–Trinajstić information content (AvgIpc) is 3.44. The average molecular weight is 468 g/mol. The van der Waals surface area contributed by atoms with Crippen molar-refractivity contribution in [2.24, 2.45) is 11.8 Å². The molecule has 1 amide bonds. The van der Waals surface area contributed by atoms with Crippen LogP contribution in [0.1, 0.15) is 80.0 Å². The van der Waals surface area contributed by atoms with Crippen LogP contribution < -0.4 is 5.32 Å². The zero-order chi connectivity index (χ0) is 23.5. The van der Waals surface area contributed by atoms with Crippen LogP contribution in [0.3, 0.4) is 0 Å². The van der Waals surface area contributed by atoms with E-state index in [1.165, 1.54) is 24.1 Å². The zero-order valence-corrected chi connectivity index (χ0v) is 20.4. The van der Waals surface area contributed by atoms with E-state index in [1.54, 1.807) is 17.4 Å². The number of benzene rings is 1. The third kappa shape index (κ3) is 4.98. The number of imidazole rings is 1. The van der Waals surface area contributed by atoms with Crippen molar-refractivity contribution < 1.29 is 14.7 Å². The van der Waals surface area contributed by atoms with E-state index in [-0.39, 0.29) is 11.8 Å². The van der Waals surface area contributed by atoms with Crippen LogP contribution in [0.4, 0.5) is 0 Å². The van der Waals surface area contributed by atoms with Crippen LogP contribution in [-0.2, 0) is 11.2 Å². The van der Waals surface area contributed by atoms with Crippen LogP contribution in [0.25, 0.3) is 11.0 Å². The first-order valence-electron chi connectivity index (χ1n) is 12.0. The Labute approximate surface area is 199 Å². The lowest BCUT2D eigenvalue weighted by Gasteiger charge is -2.31. The van der Waals surface area contributed by atoms with Gasteiger partial charge in [0, 0.05) is 22.9 Å². The first-order valence-corrected chi connectivity index (χ1v) is 12.8. The van der Waals surface area contributed by atoms with E-state index in [2.05, 4.69) is 34.3 Å². The number of hydrogen-bond donors (Lipinski definition) is 2. The maximum Gasteiger partial charge on any atom is 0.326 e. The van der Waals surface area contributed by atoms with E-state index < -0.39 is 12.0 Å². The molecule has 2 heterocycles. The SMILES string of the molecule is CC[C@H](C)[C@H](NC(=O)c1ccc2c(c1)nc(Cc1cccs1)n2[C@@H]1CCCC[C@H]1C)C(=O)O. The van der Waals surface area contributed by atoms with E-state index in [0.717, 1.165) is 29.7 Å². The molecule has 0 saturated heterocycles. The molecule has 1 aliphatic rings. The molecule has 2 aromatic heterocycles. The predicted octanol–water partition coefficient (Wildman–Crippen LogP) is 5.67. The van der Waals surface area contributed by atoms with E-state index in [0.29, 0.717) is 23.9 Å². The number of carbonyl (C=O) groups excluding carboxylic acids is 1. The van der Waals surface area contributed by atoms with Crippen molar-refractivity contribution >= 4 is 34.2 Å². The van der Waals surface area contributed by atoms with Crippen molar-refractivity contribution in [1.82, 2.24) is 14.9 Å². The number of carbonyl (C=O) groups is 2. The number of fused-ring (bicyclic) bond motifs is 1. The van der Waals surface area contributed by atoms with Gasteiger partial charge in [0.1, 0.15) is 11.9 Å². The number of carboxylic acids is 1. The van der Waals surface area contributed by atoms with Gasteiger partial charge in [-0.3, -0.25) is 4.79 Å². The van der Waals surface area contributed by atoms with E-state index in [1.807, 2.05) is 26.0 Å². The lowest BCUT2D eigenvalue weighted by Crippen LogP contribution is -2.45. The first kappa shape index (κ1) is 23.5. The number of rotatable bonds is 8. The summed E-state index contributed by atoms with van der Waals surface area (Å²) < 4.78 is 2.40. The molecule has 2 N–H and O–H groups in total. The smallest absolute Gasteiger partial charge is 0.326 e. The quantitative estimate of drug-likeness (QED) is 0.447. The van der Waals surface area contributed by atoms with Crippen LogP contribution in [0, 0.1) is 11.8 Å². The highest BCUT2D eigenvalue weighted by atomic mass is 32.1. The van der Waals surface area contributed by atoms with Crippen LogP contribution in [0.2, 0.25) is 0 Å². The molecule has 1 aliphatic carbocycles. The number of aliphatic carboxylic acids is 1. The number of hydrogen-bond acceptors (Lipinski definition) is 4. The van der Waals surface area contributed by atoms with Crippen LogP contribution in [0.15, 0.2) is 35.7 Å². The van der Waals surface area contributed by atoms with Gasteiger partial charge in [0.2, 0.25) is 0 Å². The van der Waals surface area contributed by atoms with Crippen molar-refractivity contribution in [2.75, 3.05) is 0 Å². The molecule has 0 spiro atoms. The molecule has 4 atom stereocenters. The van der Waals surface area contributed by atoms with Gasteiger partial charge >= 0.3 is 5.97 Å². The summed E-state index contributed by atoms with van der Waals surface area (Å²) in [5, 5.41) is 14.3. The van der Waals surface area contributed by atoms with Crippen molar-refractivity contribution in [3.05, 3.63) is 52.0 Å². The molecule has 0 aliphatic heterocycles. The minimum absolute atomic E-state index is 0.153. The van der Waals surface area contributed by atoms with Crippen molar-refractivity contribution in [2.45, 2.75) is 71.4 Å². The third-order valence-corrected chi connectivity index (χ3v) is 7.98. The number of carboxylic acid groups (broad SMARTS) is 1. The maximum atomic E-state index is 12.9. The summed E-state index contributed by atoms with van der Waals surface area (Å²) in [6, 6.07) is 9.28. The highest BCUT2D eigenvalue weighted by molar-refractivity contribution is 7.09. The van der Waals surface area contributed by atoms with Gasteiger partial charge in [0.05, 0.1) is 11.0 Å². The Bertz CT molecular complexity index is 1120. The van der Waals surface area contributed by atoms with Gasteiger partial charge < -0.3 is 15.0 Å². The molecule has 1 saturated carbocycles. The molecule has 7 heteroatoms. The lowest BCUT2D eigenvalue weighted by molar-refractivity contribution is -0.140. The van der Waals surface area contributed by atoms with Gasteiger partial charge in [-0.05, 0) is 54.3 Å². The Kier molecular flexibility index (Phi) is 7.17. The summed E-state index contributed by atoms with van der Waals surface area (Å²) in [5.74, 6) is 0.0805. The van der Waals surface area contributed by atoms with E-state index >= 15 is 0 Å². The Balaban J connectivity index is 1.70. The van der Waals surface area contributed by atoms with E-state index in [9.17, 15) is 14.7 Å². The number of thiophene rings is 1. The Hall–Kier alpha value is -2.67. The van der Waals surface area contributed by atoms with Crippen molar-refractivity contribution in [3.63, 3.8) is 0 Å². The largest absolute Gasteiger partial charge is 0.480 e. The summed E-state index contributed by atoms with van der Waals surface area (Å²) in [7, 11) is 0. The minimum atomic E-state index is -1.01. The number of aromatic nitrogens is 2. The van der Waals surface area contributed by atoms with Gasteiger partial charge in [-0.15, -0.1) is 11.3 Å². The topological polar surface area (TPSA) is 84.2 Å². The van der Waals surface area contributed by atoms with Crippen LogP contribution in [0.5, 0.6) is 0 Å². The fraction of sp³-hybridized carbons (Fsp3) is 0.500. The second-order valence-corrected chi connectivity index (χ2v) is 10.4. The summed E-state index contributed by atoms with van der Waals surface area (Å²) in [4.78, 5) is 30.8. The molecule has 0 unspecified atom stereocenters. The van der Waals surface area contributed by atoms with Gasteiger partial charge in [-0.25, -0.2) is 9.78 Å². The van der Waals surface area contributed by atoms with Crippen molar-refractivity contribution in [1.29, 1.82) is 0 Å². The molecule has 3 aromatic rings. The molecule has 1 fully saturated rings. The molecule has 6 nitrogen and oxygen atoms in total. The van der Waals surface area contributed by atoms with Gasteiger partial charge in [-0.2, -0.15) is 0 Å². The number of nitrogens with one attached hydrogen (secondary N) is 1. The molecule has 176 valence electrons. The normalized spacial score (nSPS) is 20.5. The molecular weight excluding hydrogens is 434 g/mol. The number of amides is 1. The summed E-state index contributed by atoms with van der Waals surface area (Å²) >= 11 is 1.73. The summed E-state index contributed by atoms with van der Waals surface area (Å²) in [6.07, 6.45) is 6.30. The fourth-order valence-electron chi connectivity index (χ4n) is 4.94. The van der Waals surface area contributed by atoms with E-state index in [4.69, 9.17) is 4.98 Å². The molecular formula is C26H33N3O3S. The molecule has 1 aromatic carbocycles. The van der Waals surface area contributed by atoms with Crippen LogP contribution >= 0.6 is 11.3 Å². The Morgan fingerprint density at radius 1 is 1.27 bits per heavy atom. The van der Waals surface area contributed by atoms with Gasteiger partial charge in [0.25, 0.3) is 5.91 Å². The fourth-order valence-corrected chi connectivity index (χ4v) is 5.64. The van der Waals surface area contributed by atoms with Crippen molar-refractivity contribution in [3.8, 4) is 0 Å². The number of nitrogens with zero attached hydrogens (tertiary/aromatic N) is 2. The second kappa shape index (κ2) is 10.1. The molecule has 33 heavy (non-hydrogen) atoms. The first-order chi connectivity index (χ1) is 15.9. The van der Waals surface area contributed by atoms with Gasteiger partial charge in [0.15, 0.2) is 0 Å². The molecule has 0 bridgehead atoms. The van der Waals surface area contributed by atoms with Gasteiger partial charge in [-0.1, -0.05) is 46.1 Å². The predicted molar refractivity (Wildman–Crippen MR) is 132 cm³/mol. The zero-order valence-electron chi connectivity index (χ0n) is 19.6. The van der Waals surface area contributed by atoms with Crippen LogP contribution in [-0.4, -0.2) is 32.6 Å². The highest BCUT2D eigenvalue weighted by Gasteiger charge is 2.28. The standard InChI is InChI=1S/C26H33N3O3S/c1-4-16(2)24(26(31)32)28-25(30)18-11-12-22-20(14-18)27-23(15-19-9-7-13-33-19)29(22)21-10-6-5-8-17(21)3/h7,9,11-14,16-17,21,24H,4-6,8,10,15H2,1-3H3,(H,28,30)(H,31,32)/t16-,17+,21+,24-/m0/s1. The maximum absolute atomic E-state index is 12.9. The third-order valence-electron chi connectivity index (χ3n) is 7.10. The monoisotopic (exact) mass is 467 g/mol.